The Labute approximate surface area is 176 Å². The Morgan fingerprint density at radius 3 is 2.48 bits per heavy atom. The van der Waals surface area contributed by atoms with E-state index in [2.05, 4.69) is 24.8 Å². The summed E-state index contributed by atoms with van der Waals surface area (Å²) in [5.41, 5.74) is 2.21. The summed E-state index contributed by atoms with van der Waals surface area (Å²) in [6.45, 7) is 1.89. The number of hydrogen-bond acceptors (Lipinski definition) is 6. The van der Waals surface area contributed by atoms with Gasteiger partial charge in [-0.2, -0.15) is 10.1 Å². The fraction of sp³-hybridized carbons (Fsp3) is 0.136. The number of benzene rings is 2. The third kappa shape index (κ3) is 2.90. The van der Waals surface area contributed by atoms with Crippen molar-refractivity contribution in [3.05, 3.63) is 83.0 Å². The molecule has 152 valence electrons. The van der Waals surface area contributed by atoms with Crippen LogP contribution in [0.5, 0.6) is 0 Å². The van der Waals surface area contributed by atoms with Crippen LogP contribution in [0.4, 0.5) is 5.95 Å². The number of nitrogens with one attached hydrogen (secondary N) is 1. The molecule has 5 aromatic rings. The Morgan fingerprint density at radius 2 is 1.68 bits per heavy atom. The van der Waals surface area contributed by atoms with Crippen LogP contribution in [-0.4, -0.2) is 41.1 Å². The predicted molar refractivity (Wildman–Crippen MR) is 116 cm³/mol. The van der Waals surface area contributed by atoms with Crippen LogP contribution >= 0.6 is 0 Å². The molecule has 2 aromatic carbocycles. The molecule has 0 spiro atoms. The van der Waals surface area contributed by atoms with Crippen LogP contribution in [0.3, 0.4) is 0 Å². The number of para-hydroxylation sites is 1. The van der Waals surface area contributed by atoms with Crippen LogP contribution in [0.15, 0.2) is 71.7 Å². The minimum absolute atomic E-state index is 0.209. The SMILES string of the molecule is O=c1[nH]c(N2CCn3c(nnc3-c3ccccc3)C2)nc2c1cnn2-c1ccccc1. The average molecular weight is 410 g/mol. The number of anilines is 1. The van der Waals surface area contributed by atoms with Crippen molar-refractivity contribution in [2.45, 2.75) is 13.1 Å². The van der Waals surface area contributed by atoms with Gasteiger partial charge >= 0.3 is 0 Å². The topological polar surface area (TPSA) is 97.5 Å². The summed E-state index contributed by atoms with van der Waals surface area (Å²) in [7, 11) is 0. The molecule has 3 aromatic heterocycles. The van der Waals surface area contributed by atoms with Crippen LogP contribution in [-0.2, 0) is 13.1 Å². The average Bonchev–Trinajstić information content (AvgIpc) is 3.44. The highest BCUT2D eigenvalue weighted by molar-refractivity contribution is 5.76. The van der Waals surface area contributed by atoms with E-state index in [1.807, 2.05) is 65.6 Å². The van der Waals surface area contributed by atoms with Crippen molar-refractivity contribution in [2.75, 3.05) is 11.4 Å². The van der Waals surface area contributed by atoms with Crippen molar-refractivity contribution >= 4 is 17.0 Å². The number of aromatic nitrogens is 7. The van der Waals surface area contributed by atoms with Gasteiger partial charge in [0.2, 0.25) is 5.95 Å². The van der Waals surface area contributed by atoms with Crippen molar-refractivity contribution in [3.63, 3.8) is 0 Å². The summed E-state index contributed by atoms with van der Waals surface area (Å²) in [5, 5.41) is 13.6. The molecular formula is C22H18N8O. The normalized spacial score (nSPS) is 13.5. The molecule has 9 nitrogen and oxygen atoms in total. The predicted octanol–water partition coefficient (Wildman–Crippen LogP) is 2.39. The Morgan fingerprint density at radius 1 is 0.903 bits per heavy atom. The second-order valence-corrected chi connectivity index (χ2v) is 7.40. The molecule has 0 atom stereocenters. The molecule has 0 bridgehead atoms. The van der Waals surface area contributed by atoms with Crippen LogP contribution in [0.25, 0.3) is 28.1 Å². The standard InChI is InChI=1S/C22H18N8O/c31-21-17-13-23-30(16-9-5-2-6-10-16)20(17)24-22(25-21)28-11-12-29-18(14-28)26-27-19(29)15-7-3-1-4-8-15/h1-10,13H,11-12,14H2,(H,24,25,31). The zero-order valence-electron chi connectivity index (χ0n) is 16.5. The molecule has 1 aliphatic rings. The van der Waals surface area contributed by atoms with Crippen LogP contribution in [0.2, 0.25) is 0 Å². The lowest BCUT2D eigenvalue weighted by Gasteiger charge is -2.28. The third-order valence-electron chi connectivity index (χ3n) is 5.51. The van der Waals surface area contributed by atoms with E-state index in [1.165, 1.54) is 0 Å². The molecule has 4 heterocycles. The second-order valence-electron chi connectivity index (χ2n) is 7.40. The highest BCUT2D eigenvalue weighted by Crippen LogP contribution is 2.24. The maximum Gasteiger partial charge on any atom is 0.263 e. The Balaban J connectivity index is 1.38. The van der Waals surface area contributed by atoms with Crippen LogP contribution in [0, 0.1) is 0 Å². The number of hydrogen-bond donors (Lipinski definition) is 1. The lowest BCUT2D eigenvalue weighted by molar-refractivity contribution is 0.555. The van der Waals surface area contributed by atoms with Gasteiger partial charge in [0, 0.05) is 18.7 Å². The fourth-order valence-corrected chi connectivity index (χ4v) is 3.95. The summed E-state index contributed by atoms with van der Waals surface area (Å²) >= 11 is 0. The lowest BCUT2D eigenvalue weighted by Crippen LogP contribution is -2.36. The van der Waals surface area contributed by atoms with E-state index in [4.69, 9.17) is 4.98 Å². The van der Waals surface area contributed by atoms with Gasteiger partial charge in [-0.05, 0) is 12.1 Å². The molecule has 0 radical (unpaired) electrons. The smallest absolute Gasteiger partial charge is 0.263 e. The molecule has 0 saturated carbocycles. The monoisotopic (exact) mass is 410 g/mol. The van der Waals surface area contributed by atoms with Gasteiger partial charge in [-0.1, -0.05) is 48.5 Å². The summed E-state index contributed by atoms with van der Waals surface area (Å²) in [6, 6.07) is 19.7. The lowest BCUT2D eigenvalue weighted by atomic mass is 10.2. The fourth-order valence-electron chi connectivity index (χ4n) is 3.95. The zero-order chi connectivity index (χ0) is 20.8. The molecule has 1 N–H and O–H groups in total. The van der Waals surface area contributed by atoms with Crippen LogP contribution < -0.4 is 10.5 Å². The first kappa shape index (κ1) is 17.6. The molecule has 0 unspecified atom stereocenters. The van der Waals surface area contributed by atoms with Gasteiger partial charge in [0.25, 0.3) is 5.56 Å². The van der Waals surface area contributed by atoms with Gasteiger partial charge in [-0.15, -0.1) is 10.2 Å². The van der Waals surface area contributed by atoms with Crippen molar-refractivity contribution in [1.29, 1.82) is 0 Å². The zero-order valence-corrected chi connectivity index (χ0v) is 16.5. The van der Waals surface area contributed by atoms with Crippen molar-refractivity contribution < 1.29 is 0 Å². The van der Waals surface area contributed by atoms with Crippen molar-refractivity contribution in [1.82, 2.24) is 34.5 Å². The summed E-state index contributed by atoms with van der Waals surface area (Å²) in [6.07, 6.45) is 1.55. The van der Waals surface area contributed by atoms with Crippen molar-refractivity contribution in [3.8, 4) is 17.1 Å². The summed E-state index contributed by atoms with van der Waals surface area (Å²) < 4.78 is 3.81. The molecule has 9 heteroatoms. The summed E-state index contributed by atoms with van der Waals surface area (Å²) in [5.74, 6) is 2.20. The number of aromatic amines is 1. The second kappa shape index (κ2) is 6.91. The third-order valence-corrected chi connectivity index (χ3v) is 5.51. The number of H-pyrrole nitrogens is 1. The van der Waals surface area contributed by atoms with Gasteiger partial charge in [-0.3, -0.25) is 9.78 Å². The van der Waals surface area contributed by atoms with E-state index >= 15 is 0 Å². The van der Waals surface area contributed by atoms with E-state index in [0.717, 1.165) is 22.9 Å². The Bertz CT molecular complexity index is 1440. The number of fused-ring (bicyclic) bond motifs is 2. The first-order valence-corrected chi connectivity index (χ1v) is 10.0. The van der Waals surface area contributed by atoms with Gasteiger partial charge in [-0.25, -0.2) is 4.68 Å². The molecule has 1 aliphatic heterocycles. The molecule has 6 rings (SSSR count). The molecule has 0 amide bonds. The van der Waals surface area contributed by atoms with Gasteiger partial charge in [0.1, 0.15) is 5.39 Å². The van der Waals surface area contributed by atoms with E-state index in [1.54, 1.807) is 10.9 Å². The molecule has 0 aliphatic carbocycles. The van der Waals surface area contributed by atoms with Gasteiger partial charge in [0.05, 0.1) is 18.4 Å². The molecule has 31 heavy (non-hydrogen) atoms. The van der Waals surface area contributed by atoms with Crippen LogP contribution in [0.1, 0.15) is 5.82 Å². The van der Waals surface area contributed by atoms with E-state index < -0.39 is 0 Å². The number of rotatable bonds is 3. The quantitative estimate of drug-likeness (QED) is 0.491. The maximum atomic E-state index is 12.7. The Kier molecular flexibility index (Phi) is 3.92. The minimum atomic E-state index is -0.209. The van der Waals surface area contributed by atoms with Gasteiger partial charge in [0.15, 0.2) is 17.3 Å². The van der Waals surface area contributed by atoms with E-state index in [9.17, 15) is 4.79 Å². The van der Waals surface area contributed by atoms with Crippen molar-refractivity contribution in [2.24, 2.45) is 0 Å². The van der Waals surface area contributed by atoms with E-state index in [0.29, 0.717) is 36.6 Å². The first-order chi connectivity index (χ1) is 15.3. The first-order valence-electron chi connectivity index (χ1n) is 10.0. The molecular weight excluding hydrogens is 392 g/mol. The highest BCUT2D eigenvalue weighted by Gasteiger charge is 2.24. The highest BCUT2D eigenvalue weighted by atomic mass is 16.1. The Hall–Kier alpha value is -4.27. The summed E-state index contributed by atoms with van der Waals surface area (Å²) in [4.78, 5) is 22.4. The maximum absolute atomic E-state index is 12.7. The molecule has 0 fully saturated rings. The number of nitrogens with zero attached hydrogens (tertiary/aromatic N) is 7. The van der Waals surface area contributed by atoms with E-state index in [-0.39, 0.29) is 5.56 Å². The minimum Gasteiger partial charge on any atom is -0.333 e. The molecule has 0 saturated heterocycles. The van der Waals surface area contributed by atoms with Gasteiger partial charge < -0.3 is 9.47 Å². The largest absolute Gasteiger partial charge is 0.333 e.